The van der Waals surface area contributed by atoms with E-state index in [2.05, 4.69) is 4.74 Å². The van der Waals surface area contributed by atoms with Gasteiger partial charge in [-0.2, -0.15) is 0 Å². The van der Waals surface area contributed by atoms with Crippen LogP contribution in [0.25, 0.3) is 11.3 Å². The zero-order valence-corrected chi connectivity index (χ0v) is 10.5. The monoisotopic (exact) mass is 306 g/mol. The first-order valence-corrected chi connectivity index (χ1v) is 5.66. The molecule has 112 valence electrons. The Morgan fingerprint density at radius 1 is 1.05 bits per heavy atom. The maximum absolute atomic E-state index is 13.7. The van der Waals surface area contributed by atoms with Gasteiger partial charge in [0.25, 0.3) is 0 Å². The Morgan fingerprint density at radius 2 is 1.57 bits per heavy atom. The van der Waals surface area contributed by atoms with Crippen LogP contribution in [0.15, 0.2) is 16.7 Å². The van der Waals surface area contributed by atoms with Crippen molar-refractivity contribution in [3.05, 3.63) is 47.0 Å². The van der Waals surface area contributed by atoms with Gasteiger partial charge in [0, 0.05) is 0 Å². The fourth-order valence-corrected chi connectivity index (χ4v) is 1.68. The summed E-state index contributed by atoms with van der Waals surface area (Å²) in [4.78, 5) is 11.6. The van der Waals surface area contributed by atoms with Gasteiger partial charge in [-0.05, 0) is 13.0 Å². The van der Waals surface area contributed by atoms with Gasteiger partial charge >= 0.3 is 5.97 Å². The maximum Gasteiger partial charge on any atom is 0.342 e. The van der Waals surface area contributed by atoms with E-state index in [4.69, 9.17) is 4.42 Å². The molecule has 1 aromatic heterocycles. The van der Waals surface area contributed by atoms with Crippen LogP contribution in [0.3, 0.4) is 0 Å². The van der Waals surface area contributed by atoms with Crippen molar-refractivity contribution in [3.8, 4) is 11.3 Å². The molecule has 0 bridgehead atoms. The highest BCUT2D eigenvalue weighted by atomic mass is 19.2. The molecule has 0 aliphatic heterocycles. The average Bonchev–Trinajstić information content (AvgIpc) is 2.93. The molecule has 0 N–H and O–H groups in total. The Morgan fingerprint density at radius 3 is 2.10 bits per heavy atom. The predicted molar refractivity (Wildman–Crippen MR) is 59.9 cm³/mol. The molecule has 0 saturated heterocycles. The van der Waals surface area contributed by atoms with Crippen LogP contribution in [0.1, 0.15) is 17.3 Å². The summed E-state index contributed by atoms with van der Waals surface area (Å²) in [6.45, 7) is 1.44. The Labute approximate surface area is 114 Å². The number of esters is 1. The summed E-state index contributed by atoms with van der Waals surface area (Å²) in [5.74, 6) is -12.5. The van der Waals surface area contributed by atoms with Crippen molar-refractivity contribution in [2.75, 3.05) is 6.61 Å². The van der Waals surface area contributed by atoms with Crippen LogP contribution in [0.4, 0.5) is 22.0 Å². The van der Waals surface area contributed by atoms with Crippen molar-refractivity contribution in [1.29, 1.82) is 0 Å². The third-order valence-corrected chi connectivity index (χ3v) is 2.60. The van der Waals surface area contributed by atoms with E-state index in [0.717, 1.165) is 12.3 Å². The summed E-state index contributed by atoms with van der Waals surface area (Å²) in [5.41, 5.74) is -1.76. The first kappa shape index (κ1) is 15.0. The Hall–Kier alpha value is -2.38. The third-order valence-electron chi connectivity index (χ3n) is 2.60. The van der Waals surface area contributed by atoms with Gasteiger partial charge < -0.3 is 9.15 Å². The SMILES string of the molecule is CCOC(=O)c1ccoc1-c1c(F)c(F)c(F)c(F)c1F. The van der Waals surface area contributed by atoms with Gasteiger partial charge in [-0.25, -0.2) is 26.7 Å². The number of ether oxygens (including phenoxy) is 1. The Kier molecular flexibility index (Phi) is 3.97. The summed E-state index contributed by atoms with van der Waals surface area (Å²) in [6, 6.07) is 1.01. The lowest BCUT2D eigenvalue weighted by Gasteiger charge is -2.07. The average molecular weight is 306 g/mol. The zero-order valence-electron chi connectivity index (χ0n) is 10.5. The standard InChI is InChI=1S/C13H7F5O3/c1-2-20-13(19)5-3-4-21-12(5)6-7(14)9(16)11(18)10(17)8(6)15/h3-4H,2H2,1H3. The topological polar surface area (TPSA) is 39.4 Å². The molecular formula is C13H7F5O3. The number of carbonyl (C=O) groups excluding carboxylic acids is 1. The molecule has 0 amide bonds. The van der Waals surface area contributed by atoms with E-state index in [1.54, 1.807) is 0 Å². The minimum Gasteiger partial charge on any atom is -0.463 e. The lowest BCUT2D eigenvalue weighted by atomic mass is 10.1. The van der Waals surface area contributed by atoms with Crippen molar-refractivity contribution in [3.63, 3.8) is 0 Å². The van der Waals surface area contributed by atoms with Crippen molar-refractivity contribution >= 4 is 5.97 Å². The highest BCUT2D eigenvalue weighted by molar-refractivity contribution is 5.95. The first-order chi connectivity index (χ1) is 9.90. The molecular weight excluding hydrogens is 299 g/mol. The van der Waals surface area contributed by atoms with Gasteiger partial charge in [-0.15, -0.1) is 0 Å². The molecule has 2 aromatic rings. The van der Waals surface area contributed by atoms with Crippen LogP contribution in [0.2, 0.25) is 0 Å². The van der Waals surface area contributed by atoms with E-state index in [1.807, 2.05) is 0 Å². The molecule has 0 aliphatic carbocycles. The Bertz CT molecular complexity index is 679. The molecule has 1 aromatic carbocycles. The van der Waals surface area contributed by atoms with Crippen LogP contribution >= 0.6 is 0 Å². The quantitative estimate of drug-likeness (QED) is 0.374. The van der Waals surface area contributed by atoms with Crippen molar-refractivity contribution in [2.45, 2.75) is 6.92 Å². The molecule has 0 atom stereocenters. The van der Waals surface area contributed by atoms with E-state index in [0.29, 0.717) is 0 Å². The fourth-order valence-electron chi connectivity index (χ4n) is 1.68. The van der Waals surface area contributed by atoms with Crippen LogP contribution < -0.4 is 0 Å². The van der Waals surface area contributed by atoms with E-state index in [9.17, 15) is 26.7 Å². The second-order valence-electron chi connectivity index (χ2n) is 3.83. The van der Waals surface area contributed by atoms with Crippen LogP contribution in [0, 0.1) is 29.1 Å². The number of carbonyl (C=O) groups is 1. The van der Waals surface area contributed by atoms with E-state index in [1.165, 1.54) is 6.92 Å². The van der Waals surface area contributed by atoms with Gasteiger partial charge in [0.15, 0.2) is 29.0 Å². The summed E-state index contributed by atoms with van der Waals surface area (Å²) < 4.78 is 75.9. The zero-order chi connectivity index (χ0) is 15.7. The lowest BCUT2D eigenvalue weighted by Crippen LogP contribution is -2.08. The number of hydrogen-bond acceptors (Lipinski definition) is 3. The summed E-state index contributed by atoms with van der Waals surface area (Å²) in [6.07, 6.45) is 0.875. The minimum absolute atomic E-state index is 0.0411. The minimum atomic E-state index is -2.29. The van der Waals surface area contributed by atoms with Crippen LogP contribution in [0.5, 0.6) is 0 Å². The number of halogens is 5. The van der Waals surface area contributed by atoms with E-state index >= 15 is 0 Å². The molecule has 0 fully saturated rings. The maximum atomic E-state index is 13.7. The molecule has 21 heavy (non-hydrogen) atoms. The van der Waals surface area contributed by atoms with Crippen LogP contribution in [-0.4, -0.2) is 12.6 Å². The molecule has 0 saturated carbocycles. The molecule has 2 rings (SSSR count). The number of furan rings is 1. The van der Waals surface area contributed by atoms with Gasteiger partial charge in [-0.3, -0.25) is 0 Å². The van der Waals surface area contributed by atoms with E-state index in [-0.39, 0.29) is 6.61 Å². The number of benzene rings is 1. The Balaban J connectivity index is 2.70. The van der Waals surface area contributed by atoms with Gasteiger partial charge in [0.2, 0.25) is 5.82 Å². The summed E-state index contributed by atoms with van der Waals surface area (Å²) >= 11 is 0. The fraction of sp³-hybridized carbons (Fsp3) is 0.154. The normalized spacial score (nSPS) is 10.8. The lowest BCUT2D eigenvalue weighted by molar-refractivity contribution is 0.0526. The highest BCUT2D eigenvalue weighted by Gasteiger charge is 2.31. The number of rotatable bonds is 3. The van der Waals surface area contributed by atoms with Gasteiger partial charge in [-0.1, -0.05) is 0 Å². The first-order valence-electron chi connectivity index (χ1n) is 5.66. The van der Waals surface area contributed by atoms with Crippen molar-refractivity contribution in [2.24, 2.45) is 0 Å². The molecule has 0 aliphatic rings. The third kappa shape index (κ3) is 2.37. The molecule has 0 radical (unpaired) electrons. The summed E-state index contributed by atoms with van der Waals surface area (Å²) in [5, 5.41) is 0. The largest absolute Gasteiger partial charge is 0.463 e. The summed E-state index contributed by atoms with van der Waals surface area (Å²) in [7, 11) is 0. The molecule has 0 unspecified atom stereocenters. The van der Waals surface area contributed by atoms with E-state index < -0.39 is 51.9 Å². The molecule has 1 heterocycles. The van der Waals surface area contributed by atoms with Crippen molar-refractivity contribution < 1.29 is 35.9 Å². The molecule has 3 nitrogen and oxygen atoms in total. The van der Waals surface area contributed by atoms with Gasteiger partial charge in [0.05, 0.1) is 18.4 Å². The smallest absolute Gasteiger partial charge is 0.342 e. The number of hydrogen-bond donors (Lipinski definition) is 0. The molecule has 8 heteroatoms. The molecule has 0 spiro atoms. The van der Waals surface area contributed by atoms with Crippen LogP contribution in [-0.2, 0) is 4.74 Å². The predicted octanol–water partition coefficient (Wildman–Crippen LogP) is 3.82. The second-order valence-corrected chi connectivity index (χ2v) is 3.83. The second kappa shape index (κ2) is 5.55. The van der Waals surface area contributed by atoms with Gasteiger partial charge in [0.1, 0.15) is 5.56 Å². The highest BCUT2D eigenvalue weighted by Crippen LogP contribution is 2.34. The van der Waals surface area contributed by atoms with Crippen molar-refractivity contribution in [1.82, 2.24) is 0 Å².